The van der Waals surface area contributed by atoms with Gasteiger partial charge in [-0.25, -0.2) is 4.98 Å². The summed E-state index contributed by atoms with van der Waals surface area (Å²) in [5.74, 6) is 0.524. The molecule has 2 rings (SSSR count). The summed E-state index contributed by atoms with van der Waals surface area (Å²) in [6.07, 6.45) is 5.44. The van der Waals surface area contributed by atoms with Crippen molar-refractivity contribution in [2.45, 2.75) is 33.2 Å². The van der Waals surface area contributed by atoms with Crippen molar-refractivity contribution in [1.82, 2.24) is 29.9 Å². The van der Waals surface area contributed by atoms with Gasteiger partial charge >= 0.3 is 0 Å². The molecule has 0 aliphatic carbocycles. The Morgan fingerprint density at radius 3 is 2.57 bits per heavy atom. The van der Waals surface area contributed by atoms with E-state index in [1.807, 2.05) is 25.0 Å². The third-order valence-electron chi connectivity index (χ3n) is 3.17. The zero-order valence-corrected chi connectivity index (χ0v) is 13.2. The Kier molecular flexibility index (Phi) is 5.21. The van der Waals surface area contributed by atoms with Crippen LogP contribution in [0.25, 0.3) is 0 Å². The molecule has 2 aromatic rings. The quantitative estimate of drug-likeness (QED) is 0.833. The molecule has 0 saturated heterocycles. The Hall–Kier alpha value is -2.02. The van der Waals surface area contributed by atoms with Crippen LogP contribution in [0, 0.1) is 0 Å². The second-order valence-electron chi connectivity index (χ2n) is 5.16. The number of nitrogens with zero attached hydrogens (tertiary/aromatic N) is 6. The zero-order valence-electron chi connectivity index (χ0n) is 13.2. The van der Waals surface area contributed by atoms with Crippen LogP contribution in [0.3, 0.4) is 0 Å². The van der Waals surface area contributed by atoms with Crippen LogP contribution in [0.2, 0.25) is 0 Å². The van der Waals surface area contributed by atoms with Crippen LogP contribution < -0.4 is 5.32 Å². The molecule has 0 aliphatic heterocycles. The lowest BCUT2D eigenvalue weighted by atomic mass is 10.2. The molecule has 7 nitrogen and oxygen atoms in total. The summed E-state index contributed by atoms with van der Waals surface area (Å²) < 4.78 is 1.90. The maximum Gasteiger partial charge on any atom is 0.247 e. The maximum atomic E-state index is 4.51. The molecule has 114 valence electrons. The van der Waals surface area contributed by atoms with Gasteiger partial charge < -0.3 is 10.2 Å². The fourth-order valence-corrected chi connectivity index (χ4v) is 1.97. The lowest BCUT2D eigenvalue weighted by molar-refractivity contribution is 0.373. The topological polar surface area (TPSA) is 71.8 Å². The molecular weight excluding hydrogens is 266 g/mol. The van der Waals surface area contributed by atoms with E-state index in [0.29, 0.717) is 5.95 Å². The van der Waals surface area contributed by atoms with E-state index in [0.717, 1.165) is 43.0 Å². The highest BCUT2D eigenvalue weighted by Crippen LogP contribution is 2.13. The van der Waals surface area contributed by atoms with E-state index in [2.05, 4.69) is 44.3 Å². The van der Waals surface area contributed by atoms with Crippen LogP contribution in [0.4, 0.5) is 11.6 Å². The van der Waals surface area contributed by atoms with Crippen molar-refractivity contribution in [1.29, 1.82) is 0 Å². The zero-order chi connectivity index (χ0) is 15.2. The maximum absolute atomic E-state index is 4.51. The summed E-state index contributed by atoms with van der Waals surface area (Å²) in [6.45, 7) is 5.94. The molecule has 1 N–H and O–H groups in total. The van der Waals surface area contributed by atoms with Crippen molar-refractivity contribution < 1.29 is 0 Å². The Morgan fingerprint density at radius 2 is 1.90 bits per heavy atom. The molecular formula is C14H23N7. The largest absolute Gasteiger partial charge is 0.320 e. The second kappa shape index (κ2) is 7.12. The Morgan fingerprint density at radius 1 is 1.14 bits per heavy atom. The van der Waals surface area contributed by atoms with Gasteiger partial charge in [0.1, 0.15) is 0 Å². The molecule has 0 aromatic carbocycles. The standard InChI is InChI=1S/C14H23N7/c1-5-12-13(6-2)18-19-14(17-12)16-11-9-15-21(10-11)8-7-20(3)4/h9-10H,5-8H2,1-4H3,(H,16,17,19). The minimum atomic E-state index is 0.524. The van der Waals surface area contributed by atoms with Gasteiger partial charge in [-0.3, -0.25) is 4.68 Å². The summed E-state index contributed by atoms with van der Waals surface area (Å²) in [4.78, 5) is 6.63. The fourth-order valence-electron chi connectivity index (χ4n) is 1.97. The van der Waals surface area contributed by atoms with Gasteiger partial charge in [-0.1, -0.05) is 13.8 Å². The van der Waals surface area contributed by atoms with E-state index in [9.17, 15) is 0 Å². The van der Waals surface area contributed by atoms with Crippen molar-refractivity contribution in [2.24, 2.45) is 0 Å². The monoisotopic (exact) mass is 289 g/mol. The Bertz CT molecular complexity index is 576. The highest BCUT2D eigenvalue weighted by molar-refractivity contribution is 5.50. The van der Waals surface area contributed by atoms with Gasteiger partial charge in [0.05, 0.1) is 29.8 Å². The van der Waals surface area contributed by atoms with Crippen molar-refractivity contribution in [3.8, 4) is 0 Å². The first kappa shape index (κ1) is 15.4. The van der Waals surface area contributed by atoms with Crippen LogP contribution in [0.15, 0.2) is 12.4 Å². The van der Waals surface area contributed by atoms with Gasteiger partial charge in [0.2, 0.25) is 5.95 Å². The molecule has 0 amide bonds. The molecule has 0 unspecified atom stereocenters. The molecule has 0 radical (unpaired) electrons. The minimum absolute atomic E-state index is 0.524. The van der Waals surface area contributed by atoms with E-state index < -0.39 is 0 Å². The molecule has 0 atom stereocenters. The van der Waals surface area contributed by atoms with Gasteiger partial charge in [-0.2, -0.15) is 5.10 Å². The van der Waals surface area contributed by atoms with Crippen LogP contribution >= 0.6 is 0 Å². The number of likely N-dealkylation sites (N-methyl/N-ethyl adjacent to an activating group) is 1. The first-order chi connectivity index (χ1) is 10.1. The van der Waals surface area contributed by atoms with E-state index in [-0.39, 0.29) is 0 Å². The average molecular weight is 289 g/mol. The number of nitrogens with one attached hydrogen (secondary N) is 1. The molecule has 0 saturated carbocycles. The van der Waals surface area contributed by atoms with Crippen molar-refractivity contribution in [3.05, 3.63) is 23.8 Å². The molecule has 0 fully saturated rings. The third kappa shape index (κ3) is 4.22. The molecule has 0 bridgehead atoms. The van der Waals surface area contributed by atoms with E-state index in [4.69, 9.17) is 0 Å². The lowest BCUT2D eigenvalue weighted by Gasteiger charge is -2.08. The van der Waals surface area contributed by atoms with Crippen LogP contribution in [0.1, 0.15) is 25.2 Å². The van der Waals surface area contributed by atoms with E-state index in [1.165, 1.54) is 0 Å². The average Bonchev–Trinajstić information content (AvgIpc) is 2.92. The highest BCUT2D eigenvalue weighted by Gasteiger charge is 2.07. The predicted molar refractivity (Wildman–Crippen MR) is 82.6 cm³/mol. The number of hydrogen-bond donors (Lipinski definition) is 1. The lowest BCUT2D eigenvalue weighted by Crippen LogP contribution is -2.18. The van der Waals surface area contributed by atoms with E-state index >= 15 is 0 Å². The van der Waals surface area contributed by atoms with Crippen LogP contribution in [-0.2, 0) is 19.4 Å². The van der Waals surface area contributed by atoms with Crippen molar-refractivity contribution in [2.75, 3.05) is 26.0 Å². The highest BCUT2D eigenvalue weighted by atomic mass is 15.3. The normalized spacial score (nSPS) is 11.1. The van der Waals surface area contributed by atoms with Gasteiger partial charge in [0.25, 0.3) is 0 Å². The van der Waals surface area contributed by atoms with Gasteiger partial charge in [-0.05, 0) is 26.9 Å². The van der Waals surface area contributed by atoms with Crippen LogP contribution in [0.5, 0.6) is 0 Å². The smallest absolute Gasteiger partial charge is 0.247 e. The minimum Gasteiger partial charge on any atom is -0.320 e. The molecule has 7 heteroatoms. The van der Waals surface area contributed by atoms with Crippen molar-refractivity contribution >= 4 is 11.6 Å². The number of aryl methyl sites for hydroxylation is 2. The fraction of sp³-hybridized carbons (Fsp3) is 0.571. The SMILES string of the molecule is CCc1nnc(Nc2cnn(CCN(C)C)c2)nc1CC. The molecule has 21 heavy (non-hydrogen) atoms. The molecule has 0 spiro atoms. The molecule has 2 heterocycles. The van der Waals surface area contributed by atoms with Crippen molar-refractivity contribution in [3.63, 3.8) is 0 Å². The van der Waals surface area contributed by atoms with Gasteiger partial charge in [0, 0.05) is 12.7 Å². The summed E-state index contributed by atoms with van der Waals surface area (Å²) in [5.41, 5.74) is 2.83. The molecule has 0 aliphatic rings. The predicted octanol–water partition coefficient (Wildman–Crippen LogP) is 1.50. The second-order valence-corrected chi connectivity index (χ2v) is 5.16. The number of aromatic nitrogens is 5. The first-order valence-electron chi connectivity index (χ1n) is 7.29. The Labute approximate surface area is 125 Å². The summed E-state index contributed by atoms with van der Waals surface area (Å²) in [6, 6.07) is 0. The molecule has 2 aromatic heterocycles. The number of hydrogen-bond acceptors (Lipinski definition) is 6. The van der Waals surface area contributed by atoms with Gasteiger partial charge in [-0.15, -0.1) is 10.2 Å². The number of rotatable bonds is 7. The van der Waals surface area contributed by atoms with Gasteiger partial charge in [0.15, 0.2) is 0 Å². The first-order valence-corrected chi connectivity index (χ1v) is 7.29. The van der Waals surface area contributed by atoms with E-state index in [1.54, 1.807) is 6.20 Å². The Balaban J connectivity index is 2.04. The summed E-state index contributed by atoms with van der Waals surface area (Å²) in [5, 5.41) is 15.8. The third-order valence-corrected chi connectivity index (χ3v) is 3.17. The van der Waals surface area contributed by atoms with Crippen LogP contribution in [-0.4, -0.2) is 50.5 Å². The summed E-state index contributed by atoms with van der Waals surface area (Å²) in [7, 11) is 4.09. The number of anilines is 2. The summed E-state index contributed by atoms with van der Waals surface area (Å²) >= 11 is 0.